The van der Waals surface area contributed by atoms with Crippen LogP contribution in [0.4, 0.5) is 5.69 Å². The molecule has 1 fully saturated rings. The molecule has 1 saturated heterocycles. The number of halogens is 1. The van der Waals surface area contributed by atoms with Crippen LogP contribution in [0.3, 0.4) is 0 Å². The second-order valence-electron chi connectivity index (χ2n) is 4.57. The number of rotatable bonds is 2. The Morgan fingerprint density at radius 1 is 1.39 bits per heavy atom. The molecule has 1 aliphatic heterocycles. The fourth-order valence-electron chi connectivity index (χ4n) is 2.22. The average molecular weight is 312 g/mol. The zero-order valence-corrected chi connectivity index (χ0v) is 12.1. The molecule has 1 aromatic carbocycles. The molecular formula is C13H18BrN3O. The first-order valence-electron chi connectivity index (χ1n) is 6.09. The summed E-state index contributed by atoms with van der Waals surface area (Å²) in [5.41, 5.74) is 7.93. The molecule has 0 saturated carbocycles. The Labute approximate surface area is 116 Å². The molecule has 0 spiro atoms. The van der Waals surface area contributed by atoms with Crippen molar-refractivity contribution in [2.45, 2.75) is 13.0 Å². The van der Waals surface area contributed by atoms with Crippen LogP contribution in [0.25, 0.3) is 0 Å². The van der Waals surface area contributed by atoms with Gasteiger partial charge in [-0.15, -0.1) is 0 Å². The molecule has 1 aliphatic rings. The largest absolute Gasteiger partial charge is 0.362 e. The fourth-order valence-corrected chi connectivity index (χ4v) is 2.63. The van der Waals surface area contributed by atoms with Crippen LogP contribution in [-0.4, -0.2) is 37.5 Å². The number of hydrogen-bond donors (Lipinski definition) is 1. The summed E-state index contributed by atoms with van der Waals surface area (Å²) < 4.78 is 1.02. The van der Waals surface area contributed by atoms with Gasteiger partial charge in [-0.2, -0.15) is 0 Å². The number of likely N-dealkylation sites (N-methyl/N-ethyl adjacent to an activating group) is 1. The molecule has 1 aromatic rings. The van der Waals surface area contributed by atoms with Crippen LogP contribution in [0.5, 0.6) is 0 Å². The van der Waals surface area contributed by atoms with Gasteiger partial charge in [0.2, 0.25) is 5.91 Å². The van der Waals surface area contributed by atoms with Gasteiger partial charge < -0.3 is 15.5 Å². The van der Waals surface area contributed by atoms with Crippen molar-refractivity contribution in [3.05, 3.63) is 28.2 Å². The van der Waals surface area contributed by atoms with E-state index in [4.69, 9.17) is 5.73 Å². The predicted molar refractivity (Wildman–Crippen MR) is 76.5 cm³/mol. The zero-order valence-electron chi connectivity index (χ0n) is 10.5. The van der Waals surface area contributed by atoms with Gasteiger partial charge in [0.25, 0.3) is 0 Å². The van der Waals surface area contributed by atoms with E-state index in [-0.39, 0.29) is 5.91 Å². The van der Waals surface area contributed by atoms with Crippen LogP contribution in [0.1, 0.15) is 12.0 Å². The van der Waals surface area contributed by atoms with Gasteiger partial charge >= 0.3 is 0 Å². The van der Waals surface area contributed by atoms with Crippen LogP contribution < -0.4 is 10.6 Å². The fraction of sp³-hybridized carbons (Fsp3) is 0.462. The van der Waals surface area contributed by atoms with Crippen molar-refractivity contribution >= 4 is 27.5 Å². The standard InChI is InChI=1S/C13H18BrN3O/c1-16-5-2-6-17(9-13(16)18)12-4-3-11(14)7-10(12)8-15/h3-4,7H,2,5-6,8-9,15H2,1H3. The van der Waals surface area contributed by atoms with Crippen molar-refractivity contribution < 1.29 is 4.79 Å². The summed E-state index contributed by atoms with van der Waals surface area (Å²) in [7, 11) is 1.86. The number of nitrogens with zero attached hydrogens (tertiary/aromatic N) is 2. The average Bonchev–Trinajstić information content (AvgIpc) is 2.52. The Bertz CT molecular complexity index is 450. The lowest BCUT2D eigenvalue weighted by Gasteiger charge is -2.24. The number of carbonyl (C=O) groups excluding carboxylic acids is 1. The van der Waals surface area contributed by atoms with E-state index in [2.05, 4.69) is 20.8 Å². The van der Waals surface area contributed by atoms with Crippen molar-refractivity contribution in [3.63, 3.8) is 0 Å². The summed E-state index contributed by atoms with van der Waals surface area (Å²) in [6.45, 7) is 2.63. The molecule has 98 valence electrons. The number of anilines is 1. The minimum absolute atomic E-state index is 0.165. The van der Waals surface area contributed by atoms with Gasteiger partial charge in [0, 0.05) is 36.8 Å². The number of nitrogens with two attached hydrogens (primary N) is 1. The van der Waals surface area contributed by atoms with E-state index in [9.17, 15) is 4.79 Å². The molecule has 4 nitrogen and oxygen atoms in total. The molecule has 1 amide bonds. The maximum absolute atomic E-state index is 11.9. The lowest BCUT2D eigenvalue weighted by Crippen LogP contribution is -2.34. The van der Waals surface area contributed by atoms with Crippen LogP contribution in [0.15, 0.2) is 22.7 Å². The zero-order chi connectivity index (χ0) is 13.1. The minimum Gasteiger partial charge on any atom is -0.362 e. The highest BCUT2D eigenvalue weighted by molar-refractivity contribution is 9.10. The first-order valence-corrected chi connectivity index (χ1v) is 6.88. The molecule has 0 aromatic heterocycles. The maximum atomic E-state index is 11.9. The van der Waals surface area contributed by atoms with Gasteiger partial charge in [0.15, 0.2) is 0 Å². The molecule has 0 radical (unpaired) electrons. The normalized spacial score (nSPS) is 16.9. The van der Waals surface area contributed by atoms with Crippen LogP contribution in [-0.2, 0) is 11.3 Å². The summed E-state index contributed by atoms with van der Waals surface area (Å²) >= 11 is 3.45. The molecule has 2 N–H and O–H groups in total. The van der Waals surface area contributed by atoms with Gasteiger partial charge in [0.1, 0.15) is 0 Å². The molecule has 0 aliphatic carbocycles. The lowest BCUT2D eigenvalue weighted by molar-refractivity contribution is -0.127. The third-order valence-corrected chi connectivity index (χ3v) is 3.77. The molecule has 18 heavy (non-hydrogen) atoms. The van der Waals surface area contributed by atoms with Crippen molar-refractivity contribution in [1.29, 1.82) is 0 Å². The predicted octanol–water partition coefficient (Wildman–Crippen LogP) is 1.58. The topological polar surface area (TPSA) is 49.6 Å². The molecule has 0 bridgehead atoms. The van der Waals surface area contributed by atoms with Gasteiger partial charge in [-0.1, -0.05) is 15.9 Å². The monoisotopic (exact) mass is 311 g/mol. The Morgan fingerprint density at radius 2 is 2.17 bits per heavy atom. The summed E-state index contributed by atoms with van der Waals surface area (Å²) in [4.78, 5) is 15.8. The number of amides is 1. The van der Waals surface area contributed by atoms with Crippen LogP contribution in [0.2, 0.25) is 0 Å². The highest BCUT2D eigenvalue weighted by Gasteiger charge is 2.20. The molecule has 5 heteroatoms. The van der Waals surface area contributed by atoms with E-state index in [0.29, 0.717) is 13.1 Å². The second-order valence-corrected chi connectivity index (χ2v) is 5.48. The van der Waals surface area contributed by atoms with Crippen molar-refractivity contribution in [2.24, 2.45) is 5.73 Å². The van der Waals surface area contributed by atoms with Crippen molar-refractivity contribution in [1.82, 2.24) is 4.90 Å². The highest BCUT2D eigenvalue weighted by Crippen LogP contribution is 2.25. The van der Waals surface area contributed by atoms with E-state index in [1.54, 1.807) is 4.90 Å². The smallest absolute Gasteiger partial charge is 0.241 e. The van der Waals surface area contributed by atoms with E-state index < -0.39 is 0 Å². The summed E-state index contributed by atoms with van der Waals surface area (Å²) in [5.74, 6) is 0.165. The van der Waals surface area contributed by atoms with E-state index in [0.717, 1.165) is 35.2 Å². The molecular weight excluding hydrogens is 294 g/mol. The van der Waals surface area contributed by atoms with Gasteiger partial charge in [0.05, 0.1) is 6.54 Å². The first-order chi connectivity index (χ1) is 8.61. The van der Waals surface area contributed by atoms with E-state index >= 15 is 0 Å². The van der Waals surface area contributed by atoms with Gasteiger partial charge in [-0.05, 0) is 30.2 Å². The molecule has 0 unspecified atom stereocenters. The maximum Gasteiger partial charge on any atom is 0.241 e. The Kier molecular flexibility index (Phi) is 4.24. The summed E-state index contributed by atoms with van der Waals surface area (Å²) in [5, 5.41) is 0. The first kappa shape index (κ1) is 13.4. The Morgan fingerprint density at radius 3 is 2.89 bits per heavy atom. The van der Waals surface area contributed by atoms with Crippen molar-refractivity contribution in [3.8, 4) is 0 Å². The third-order valence-electron chi connectivity index (χ3n) is 3.28. The van der Waals surface area contributed by atoms with E-state index in [1.807, 2.05) is 25.2 Å². The Balaban J connectivity index is 2.27. The molecule has 1 heterocycles. The van der Waals surface area contributed by atoms with Gasteiger partial charge in [-0.3, -0.25) is 4.79 Å². The Hall–Kier alpha value is -1.07. The minimum atomic E-state index is 0.165. The van der Waals surface area contributed by atoms with Crippen LogP contribution in [0, 0.1) is 0 Å². The number of carbonyl (C=O) groups is 1. The van der Waals surface area contributed by atoms with E-state index in [1.165, 1.54) is 0 Å². The SMILES string of the molecule is CN1CCCN(c2ccc(Br)cc2CN)CC1=O. The summed E-state index contributed by atoms with van der Waals surface area (Å²) in [6.07, 6.45) is 0.988. The number of benzene rings is 1. The van der Waals surface area contributed by atoms with Crippen LogP contribution >= 0.6 is 15.9 Å². The highest BCUT2D eigenvalue weighted by atomic mass is 79.9. The third kappa shape index (κ3) is 2.84. The second kappa shape index (κ2) is 5.71. The molecule has 2 rings (SSSR count). The van der Waals surface area contributed by atoms with Crippen molar-refractivity contribution in [2.75, 3.05) is 31.6 Å². The number of hydrogen-bond acceptors (Lipinski definition) is 3. The van der Waals surface area contributed by atoms with Gasteiger partial charge in [-0.25, -0.2) is 0 Å². The summed E-state index contributed by atoms with van der Waals surface area (Å²) in [6, 6.07) is 6.05. The lowest BCUT2D eigenvalue weighted by atomic mass is 10.1. The quantitative estimate of drug-likeness (QED) is 0.902. The molecule has 0 atom stereocenters.